The quantitative estimate of drug-likeness (QED) is 0.329. The number of aromatic carboxylic acids is 1. The maximum atomic E-state index is 12.2. The highest BCUT2D eigenvalue weighted by molar-refractivity contribution is 5.99. The zero-order valence-corrected chi connectivity index (χ0v) is 12.0. The van der Waals surface area contributed by atoms with E-state index >= 15 is 0 Å². The molecule has 1 aromatic rings. The number of aliphatic hydroxyl groups is 4. The van der Waals surface area contributed by atoms with Crippen molar-refractivity contribution < 1.29 is 35.1 Å². The van der Waals surface area contributed by atoms with Gasteiger partial charge in [-0.1, -0.05) is 0 Å². The van der Waals surface area contributed by atoms with E-state index in [1.165, 1.54) is 12.1 Å². The predicted octanol–water partition coefficient (Wildman–Crippen LogP) is -1.49. The Bertz CT molecular complexity index is 622. The van der Waals surface area contributed by atoms with Crippen LogP contribution in [0.15, 0.2) is 18.2 Å². The van der Waals surface area contributed by atoms with Crippen molar-refractivity contribution in [1.82, 2.24) is 0 Å². The van der Waals surface area contributed by atoms with Crippen molar-refractivity contribution in [3.05, 3.63) is 23.8 Å². The van der Waals surface area contributed by atoms with Gasteiger partial charge in [0.1, 0.15) is 11.7 Å². The van der Waals surface area contributed by atoms with Gasteiger partial charge in [0.05, 0.1) is 17.8 Å². The number of carboxylic acid groups (broad SMARTS) is 1. The Labute approximate surface area is 131 Å². The molecule has 1 aromatic carbocycles. The fourth-order valence-corrected chi connectivity index (χ4v) is 2.55. The van der Waals surface area contributed by atoms with Gasteiger partial charge in [0.25, 0.3) is 5.91 Å². The molecule has 0 unspecified atom stereocenters. The molecular formula is C14H18N2O7. The average molecular weight is 326 g/mol. The number of anilines is 2. The number of nitrogen functional groups attached to an aromatic ring is 1. The molecule has 2 atom stereocenters. The van der Waals surface area contributed by atoms with Crippen molar-refractivity contribution in [2.75, 3.05) is 11.1 Å². The molecule has 23 heavy (non-hydrogen) atoms. The largest absolute Gasteiger partial charge is 0.478 e. The van der Waals surface area contributed by atoms with Crippen LogP contribution in [0.25, 0.3) is 0 Å². The van der Waals surface area contributed by atoms with Gasteiger partial charge in [-0.05, 0) is 18.2 Å². The van der Waals surface area contributed by atoms with Gasteiger partial charge in [0, 0.05) is 24.2 Å². The van der Waals surface area contributed by atoms with Gasteiger partial charge in [0.15, 0.2) is 0 Å². The molecular weight excluding hydrogens is 308 g/mol. The summed E-state index contributed by atoms with van der Waals surface area (Å²) in [6, 6.07) is 3.67. The number of hydrogen-bond acceptors (Lipinski definition) is 7. The molecule has 1 aliphatic carbocycles. The molecule has 0 bridgehead atoms. The van der Waals surface area contributed by atoms with E-state index in [2.05, 4.69) is 5.32 Å². The summed E-state index contributed by atoms with van der Waals surface area (Å²) in [6.07, 6.45) is -5.32. The number of carbonyl (C=O) groups excluding carboxylic acids is 1. The minimum absolute atomic E-state index is 0.0518. The first-order valence-electron chi connectivity index (χ1n) is 6.84. The second-order valence-electron chi connectivity index (χ2n) is 5.67. The highest BCUT2D eigenvalue weighted by Crippen LogP contribution is 2.30. The smallest absolute Gasteiger partial charge is 0.335 e. The number of amides is 1. The molecule has 0 aromatic heterocycles. The maximum absolute atomic E-state index is 12.2. The lowest BCUT2D eigenvalue weighted by molar-refractivity contribution is -0.168. The molecule has 126 valence electrons. The second kappa shape index (κ2) is 6.13. The van der Waals surface area contributed by atoms with Crippen LogP contribution in [0.3, 0.4) is 0 Å². The molecule has 0 radical (unpaired) electrons. The Morgan fingerprint density at radius 1 is 1.13 bits per heavy atom. The maximum Gasteiger partial charge on any atom is 0.335 e. The van der Waals surface area contributed by atoms with Gasteiger partial charge in [0.2, 0.25) is 0 Å². The van der Waals surface area contributed by atoms with Crippen LogP contribution in [0.2, 0.25) is 0 Å². The number of carbonyl (C=O) groups is 2. The van der Waals surface area contributed by atoms with Crippen molar-refractivity contribution in [1.29, 1.82) is 0 Å². The third kappa shape index (κ3) is 3.59. The van der Waals surface area contributed by atoms with Crippen molar-refractivity contribution in [2.45, 2.75) is 36.8 Å². The molecule has 1 aliphatic rings. The van der Waals surface area contributed by atoms with E-state index in [4.69, 9.17) is 10.8 Å². The third-order valence-corrected chi connectivity index (χ3v) is 3.76. The van der Waals surface area contributed by atoms with E-state index in [9.17, 15) is 30.0 Å². The predicted molar refractivity (Wildman–Crippen MR) is 78.6 cm³/mol. The summed E-state index contributed by atoms with van der Waals surface area (Å²) in [5.74, 6) is -2.18. The standard InChI is InChI=1S/C14H18N2O7/c15-7-1-6(12(20)21)2-8(3-7)16-13(22)14(23)4-9(17)11(19)10(18)5-14/h1-3,9-11,17-19,23H,4-5,15H2,(H,16,22)(H,20,21)/t9-,10-,11?,14?/m1/s1. The van der Waals surface area contributed by atoms with Gasteiger partial charge in [-0.3, -0.25) is 4.79 Å². The summed E-state index contributed by atoms with van der Waals surface area (Å²) >= 11 is 0. The molecule has 8 N–H and O–H groups in total. The van der Waals surface area contributed by atoms with E-state index in [-0.39, 0.29) is 16.9 Å². The fourth-order valence-electron chi connectivity index (χ4n) is 2.55. The van der Waals surface area contributed by atoms with Crippen molar-refractivity contribution in [3.63, 3.8) is 0 Å². The van der Waals surface area contributed by atoms with Crippen LogP contribution in [0.4, 0.5) is 11.4 Å². The van der Waals surface area contributed by atoms with E-state index in [1.807, 2.05) is 0 Å². The lowest BCUT2D eigenvalue weighted by atomic mass is 9.79. The zero-order valence-electron chi connectivity index (χ0n) is 12.0. The molecule has 9 heteroatoms. The first-order chi connectivity index (χ1) is 10.6. The molecule has 9 nitrogen and oxygen atoms in total. The van der Waals surface area contributed by atoms with Crippen LogP contribution in [-0.4, -0.2) is 61.3 Å². The second-order valence-corrected chi connectivity index (χ2v) is 5.67. The summed E-state index contributed by atoms with van der Waals surface area (Å²) in [5, 5.41) is 50.3. The van der Waals surface area contributed by atoms with Gasteiger partial charge < -0.3 is 36.6 Å². The van der Waals surface area contributed by atoms with Gasteiger partial charge in [-0.25, -0.2) is 4.79 Å². The molecule has 2 rings (SSSR count). The van der Waals surface area contributed by atoms with E-state index < -0.39 is 48.6 Å². The first-order valence-corrected chi connectivity index (χ1v) is 6.84. The highest BCUT2D eigenvalue weighted by atomic mass is 16.4. The van der Waals surface area contributed by atoms with Crippen LogP contribution in [0.5, 0.6) is 0 Å². The number of hydrogen-bond donors (Lipinski definition) is 7. The summed E-state index contributed by atoms with van der Waals surface area (Å²) in [4.78, 5) is 23.2. The Morgan fingerprint density at radius 3 is 2.22 bits per heavy atom. The van der Waals surface area contributed by atoms with Crippen LogP contribution in [-0.2, 0) is 4.79 Å². The Morgan fingerprint density at radius 2 is 1.70 bits per heavy atom. The average Bonchev–Trinajstić information content (AvgIpc) is 2.44. The van der Waals surface area contributed by atoms with Gasteiger partial charge >= 0.3 is 5.97 Å². The number of rotatable bonds is 3. The summed E-state index contributed by atoms with van der Waals surface area (Å²) in [7, 11) is 0. The lowest BCUT2D eigenvalue weighted by Gasteiger charge is -2.39. The molecule has 0 spiro atoms. The van der Waals surface area contributed by atoms with Gasteiger partial charge in [-0.2, -0.15) is 0 Å². The van der Waals surface area contributed by atoms with Crippen molar-refractivity contribution >= 4 is 23.3 Å². The summed E-state index contributed by atoms with van der Waals surface area (Å²) < 4.78 is 0. The van der Waals surface area contributed by atoms with Crippen LogP contribution in [0, 0.1) is 0 Å². The highest BCUT2D eigenvalue weighted by Gasteiger charge is 2.48. The van der Waals surface area contributed by atoms with Crippen LogP contribution >= 0.6 is 0 Å². The number of benzene rings is 1. The first kappa shape index (κ1) is 17.2. The monoisotopic (exact) mass is 326 g/mol. The van der Waals surface area contributed by atoms with Crippen molar-refractivity contribution in [3.8, 4) is 0 Å². The fraction of sp³-hybridized carbons (Fsp3) is 0.429. The third-order valence-electron chi connectivity index (χ3n) is 3.76. The van der Waals surface area contributed by atoms with Gasteiger partial charge in [-0.15, -0.1) is 0 Å². The SMILES string of the molecule is Nc1cc(NC(=O)C2(O)C[C@@H](O)C(O)[C@H](O)C2)cc(C(=O)O)c1. The summed E-state index contributed by atoms with van der Waals surface area (Å²) in [5.41, 5.74) is 3.46. The molecule has 1 amide bonds. The summed E-state index contributed by atoms with van der Waals surface area (Å²) in [6.45, 7) is 0. The van der Waals surface area contributed by atoms with Crippen molar-refractivity contribution in [2.24, 2.45) is 0 Å². The molecule has 0 aliphatic heterocycles. The number of nitrogens with one attached hydrogen (secondary N) is 1. The number of aliphatic hydroxyl groups excluding tert-OH is 3. The van der Waals surface area contributed by atoms with E-state index in [1.54, 1.807) is 0 Å². The lowest BCUT2D eigenvalue weighted by Crippen LogP contribution is -2.57. The molecule has 0 heterocycles. The number of nitrogens with two attached hydrogens (primary N) is 1. The van der Waals surface area contributed by atoms with E-state index in [0.29, 0.717) is 0 Å². The topological polar surface area (TPSA) is 173 Å². The zero-order chi connectivity index (χ0) is 17.4. The normalized spacial score (nSPS) is 30.7. The minimum Gasteiger partial charge on any atom is -0.478 e. The molecule has 0 saturated heterocycles. The molecule has 1 fully saturated rings. The number of carboxylic acids is 1. The van der Waals surface area contributed by atoms with E-state index in [0.717, 1.165) is 6.07 Å². The Hall–Kier alpha value is -2.20. The van der Waals surface area contributed by atoms with Crippen LogP contribution in [0.1, 0.15) is 23.2 Å². The minimum atomic E-state index is -2.11. The Balaban J connectivity index is 2.20. The molecule has 1 saturated carbocycles. The Kier molecular flexibility index (Phi) is 4.57. The van der Waals surface area contributed by atoms with Crippen LogP contribution < -0.4 is 11.1 Å².